The van der Waals surface area contributed by atoms with Crippen LogP contribution in [0.5, 0.6) is 0 Å². The number of hydrazine groups is 1. The van der Waals surface area contributed by atoms with Crippen LogP contribution >= 0.6 is 0 Å². The van der Waals surface area contributed by atoms with Crippen molar-refractivity contribution in [1.29, 1.82) is 0 Å². The maximum absolute atomic E-state index is 11.8. The molecule has 17 heavy (non-hydrogen) atoms. The van der Waals surface area contributed by atoms with Gasteiger partial charge in [0, 0.05) is 6.20 Å². The molecule has 0 saturated heterocycles. The molecular weight excluding hydrogens is 236 g/mol. The maximum atomic E-state index is 11.8. The lowest BCUT2D eigenvalue weighted by Gasteiger charge is -2.05. The number of aryl methyl sites for hydroxylation is 1. The Balaban J connectivity index is 2.66. The standard InChI is InChI=1S/C12H16N2O2S/c1-3-4-5-10-13-14-17(15,16)12-8-6-11(2)7-9-12/h3-10,13-14H,1-2H3/b4-3+,10-5+. The van der Waals surface area contributed by atoms with Crippen LogP contribution in [-0.2, 0) is 10.0 Å². The van der Waals surface area contributed by atoms with Crippen LogP contribution in [0.1, 0.15) is 12.5 Å². The smallest absolute Gasteiger partial charge is 0.257 e. The average Bonchev–Trinajstić information content (AvgIpc) is 2.29. The van der Waals surface area contributed by atoms with Gasteiger partial charge in [-0.3, -0.25) is 0 Å². The number of allylic oxidation sites excluding steroid dienone is 3. The van der Waals surface area contributed by atoms with Gasteiger partial charge in [-0.1, -0.05) is 29.8 Å². The van der Waals surface area contributed by atoms with E-state index in [1.54, 1.807) is 36.4 Å². The SMILES string of the molecule is C/C=C/C=C/NNS(=O)(=O)c1ccc(C)cc1. The van der Waals surface area contributed by atoms with Crippen molar-refractivity contribution in [2.24, 2.45) is 0 Å². The fourth-order valence-electron chi connectivity index (χ4n) is 1.10. The zero-order valence-corrected chi connectivity index (χ0v) is 10.7. The predicted molar refractivity (Wildman–Crippen MR) is 68.6 cm³/mol. The molecule has 1 rings (SSSR count). The van der Waals surface area contributed by atoms with Crippen LogP contribution < -0.4 is 10.3 Å². The quantitative estimate of drug-likeness (QED) is 0.621. The van der Waals surface area contributed by atoms with Gasteiger partial charge < -0.3 is 5.43 Å². The molecule has 5 heteroatoms. The lowest BCUT2D eigenvalue weighted by Crippen LogP contribution is -2.33. The summed E-state index contributed by atoms with van der Waals surface area (Å²) in [6, 6.07) is 6.64. The van der Waals surface area contributed by atoms with Crippen LogP contribution in [0.2, 0.25) is 0 Å². The molecule has 0 aliphatic heterocycles. The van der Waals surface area contributed by atoms with Gasteiger partial charge in [0.05, 0.1) is 4.90 Å². The minimum atomic E-state index is -3.50. The van der Waals surface area contributed by atoms with Crippen molar-refractivity contribution in [3.63, 3.8) is 0 Å². The second kappa shape index (κ2) is 6.22. The molecule has 0 aliphatic rings. The summed E-state index contributed by atoms with van der Waals surface area (Å²) in [5, 5.41) is 0. The molecule has 2 N–H and O–H groups in total. The summed E-state index contributed by atoms with van der Waals surface area (Å²) >= 11 is 0. The highest BCUT2D eigenvalue weighted by molar-refractivity contribution is 7.89. The Morgan fingerprint density at radius 3 is 2.35 bits per heavy atom. The summed E-state index contributed by atoms with van der Waals surface area (Å²) in [6.45, 7) is 3.78. The molecule has 1 aromatic rings. The second-order valence-corrected chi connectivity index (χ2v) is 5.13. The number of nitrogens with one attached hydrogen (secondary N) is 2. The van der Waals surface area contributed by atoms with E-state index in [-0.39, 0.29) is 4.90 Å². The van der Waals surface area contributed by atoms with Crippen LogP contribution in [0.3, 0.4) is 0 Å². The van der Waals surface area contributed by atoms with Gasteiger partial charge in [-0.05, 0) is 32.1 Å². The van der Waals surface area contributed by atoms with Crippen molar-refractivity contribution in [3.8, 4) is 0 Å². The largest absolute Gasteiger partial charge is 0.315 e. The summed E-state index contributed by atoms with van der Waals surface area (Å²) < 4.78 is 23.5. The van der Waals surface area contributed by atoms with Gasteiger partial charge in [0.1, 0.15) is 0 Å². The molecule has 92 valence electrons. The third kappa shape index (κ3) is 4.42. The van der Waals surface area contributed by atoms with Crippen LogP contribution in [-0.4, -0.2) is 8.42 Å². The van der Waals surface area contributed by atoms with Gasteiger partial charge in [-0.15, -0.1) is 4.83 Å². The first-order valence-electron chi connectivity index (χ1n) is 5.18. The first-order valence-corrected chi connectivity index (χ1v) is 6.66. The van der Waals surface area contributed by atoms with E-state index in [1.165, 1.54) is 6.20 Å². The molecule has 0 bridgehead atoms. The Morgan fingerprint density at radius 1 is 1.12 bits per heavy atom. The van der Waals surface area contributed by atoms with Gasteiger partial charge >= 0.3 is 0 Å². The number of sulfonamides is 1. The van der Waals surface area contributed by atoms with E-state index in [4.69, 9.17) is 0 Å². The van der Waals surface area contributed by atoms with Crippen molar-refractivity contribution >= 4 is 10.0 Å². The lowest BCUT2D eigenvalue weighted by atomic mass is 10.2. The molecule has 0 spiro atoms. The highest BCUT2D eigenvalue weighted by atomic mass is 32.2. The highest BCUT2D eigenvalue weighted by Crippen LogP contribution is 2.08. The number of hydrogen-bond donors (Lipinski definition) is 2. The van der Waals surface area contributed by atoms with Gasteiger partial charge in [-0.25, -0.2) is 8.42 Å². The summed E-state index contributed by atoms with van der Waals surface area (Å²) in [4.78, 5) is 2.49. The Bertz CT molecular complexity index is 502. The van der Waals surface area contributed by atoms with Gasteiger partial charge in [0.2, 0.25) is 0 Å². The summed E-state index contributed by atoms with van der Waals surface area (Å²) in [5.74, 6) is 0. The molecule has 0 saturated carbocycles. The van der Waals surface area contributed by atoms with E-state index >= 15 is 0 Å². The van der Waals surface area contributed by atoms with Crippen molar-refractivity contribution < 1.29 is 8.42 Å². The number of rotatable bonds is 5. The fraction of sp³-hybridized carbons (Fsp3) is 0.167. The zero-order valence-electron chi connectivity index (χ0n) is 9.84. The van der Waals surface area contributed by atoms with Crippen LogP contribution in [0.25, 0.3) is 0 Å². The Morgan fingerprint density at radius 2 is 1.76 bits per heavy atom. The van der Waals surface area contributed by atoms with Crippen LogP contribution in [0, 0.1) is 6.92 Å². The average molecular weight is 252 g/mol. The van der Waals surface area contributed by atoms with Crippen molar-refractivity contribution in [1.82, 2.24) is 10.3 Å². The molecular formula is C12H16N2O2S. The Kier molecular flexibility index (Phi) is 4.93. The molecule has 0 radical (unpaired) electrons. The molecule has 0 aromatic heterocycles. The van der Waals surface area contributed by atoms with Crippen molar-refractivity contribution in [2.75, 3.05) is 0 Å². The third-order valence-electron chi connectivity index (χ3n) is 2.01. The van der Waals surface area contributed by atoms with E-state index in [0.717, 1.165) is 5.56 Å². The first-order chi connectivity index (χ1) is 8.06. The first kappa shape index (κ1) is 13.5. The van der Waals surface area contributed by atoms with E-state index in [0.29, 0.717) is 0 Å². The molecule has 0 heterocycles. The molecule has 0 aliphatic carbocycles. The van der Waals surface area contributed by atoms with Crippen LogP contribution in [0.4, 0.5) is 0 Å². The molecule has 0 unspecified atom stereocenters. The lowest BCUT2D eigenvalue weighted by molar-refractivity contribution is 0.574. The predicted octanol–water partition coefficient (Wildman–Crippen LogP) is 1.87. The van der Waals surface area contributed by atoms with E-state index in [2.05, 4.69) is 10.3 Å². The molecule has 4 nitrogen and oxygen atoms in total. The second-order valence-electron chi connectivity index (χ2n) is 3.45. The Labute approximate surface area is 102 Å². The molecule has 0 atom stereocenters. The summed E-state index contributed by atoms with van der Waals surface area (Å²) in [5.41, 5.74) is 3.52. The van der Waals surface area contributed by atoms with E-state index in [1.807, 2.05) is 19.9 Å². The van der Waals surface area contributed by atoms with Gasteiger partial charge in [0.25, 0.3) is 10.0 Å². The zero-order chi connectivity index (χ0) is 12.7. The molecule has 0 amide bonds. The van der Waals surface area contributed by atoms with E-state index < -0.39 is 10.0 Å². The minimum absolute atomic E-state index is 0.232. The summed E-state index contributed by atoms with van der Waals surface area (Å²) in [6.07, 6.45) is 6.82. The van der Waals surface area contributed by atoms with Crippen molar-refractivity contribution in [3.05, 3.63) is 54.3 Å². The van der Waals surface area contributed by atoms with Gasteiger partial charge in [-0.2, -0.15) is 0 Å². The van der Waals surface area contributed by atoms with Crippen LogP contribution in [0.15, 0.2) is 53.6 Å². The topological polar surface area (TPSA) is 58.2 Å². The monoisotopic (exact) mass is 252 g/mol. The molecule has 0 fully saturated rings. The minimum Gasteiger partial charge on any atom is -0.315 e. The summed E-state index contributed by atoms with van der Waals surface area (Å²) in [7, 11) is -3.50. The fourth-order valence-corrected chi connectivity index (χ4v) is 1.94. The molecule has 1 aromatic carbocycles. The number of benzene rings is 1. The van der Waals surface area contributed by atoms with Crippen molar-refractivity contribution in [2.45, 2.75) is 18.7 Å². The normalized spacial score (nSPS) is 12.4. The van der Waals surface area contributed by atoms with Gasteiger partial charge in [0.15, 0.2) is 0 Å². The third-order valence-corrected chi connectivity index (χ3v) is 3.29. The highest BCUT2D eigenvalue weighted by Gasteiger charge is 2.11. The maximum Gasteiger partial charge on any atom is 0.257 e. The Hall–Kier alpha value is -1.59. The van der Waals surface area contributed by atoms with E-state index in [9.17, 15) is 8.42 Å². The number of hydrogen-bond acceptors (Lipinski definition) is 3.